The predicted molar refractivity (Wildman–Crippen MR) is 112 cm³/mol. The minimum atomic E-state index is -0.522. The Balaban J connectivity index is 1.45. The first-order valence-corrected chi connectivity index (χ1v) is 11.1. The molecule has 0 bridgehead atoms. The number of hydrogen-bond acceptors (Lipinski definition) is 6. The van der Waals surface area contributed by atoms with E-state index >= 15 is 0 Å². The van der Waals surface area contributed by atoms with Crippen LogP contribution >= 0.6 is 0 Å². The van der Waals surface area contributed by atoms with E-state index in [1.165, 1.54) is 23.6 Å². The van der Waals surface area contributed by atoms with E-state index in [-0.39, 0.29) is 18.3 Å². The van der Waals surface area contributed by atoms with Gasteiger partial charge in [-0.1, -0.05) is 18.1 Å². The third-order valence-corrected chi connectivity index (χ3v) is 6.21. The van der Waals surface area contributed by atoms with Crippen molar-refractivity contribution in [3.8, 4) is 17.1 Å². The molecule has 0 aliphatic heterocycles. The maximum absolute atomic E-state index is 15.0. The smallest absolute Gasteiger partial charge is 0.407 e. The molecule has 1 N–H and O–H groups in total. The summed E-state index contributed by atoms with van der Waals surface area (Å²) < 4.78 is 27.8. The number of hydrogen-bond donors (Lipinski definition) is 1. The van der Waals surface area contributed by atoms with Gasteiger partial charge in [-0.3, -0.25) is 0 Å². The molecular formula is C22H30FN5O3. The van der Waals surface area contributed by atoms with Crippen LogP contribution < -0.4 is 10.1 Å². The van der Waals surface area contributed by atoms with Gasteiger partial charge in [-0.15, -0.1) is 5.10 Å². The Bertz CT molecular complexity index is 922. The van der Waals surface area contributed by atoms with Crippen molar-refractivity contribution in [1.82, 2.24) is 25.3 Å². The van der Waals surface area contributed by atoms with Crippen LogP contribution in [-0.2, 0) is 18.3 Å². The zero-order valence-electron chi connectivity index (χ0n) is 18.2. The highest BCUT2D eigenvalue weighted by Crippen LogP contribution is 2.30. The van der Waals surface area contributed by atoms with Gasteiger partial charge in [-0.25, -0.2) is 18.9 Å². The Hall–Kier alpha value is -2.71. The van der Waals surface area contributed by atoms with Crippen LogP contribution in [0.2, 0.25) is 0 Å². The molecule has 0 spiro atoms. The second-order valence-corrected chi connectivity index (χ2v) is 8.54. The summed E-state index contributed by atoms with van der Waals surface area (Å²) in [5.41, 5.74) is 1.55. The number of halogens is 1. The number of pyridine rings is 1. The maximum Gasteiger partial charge on any atom is 0.407 e. The molecule has 0 saturated heterocycles. The number of carbonyl (C=O) groups is 1. The molecule has 0 aromatic carbocycles. The van der Waals surface area contributed by atoms with E-state index in [2.05, 4.69) is 20.6 Å². The summed E-state index contributed by atoms with van der Waals surface area (Å²) in [5, 5.41) is 10.8. The minimum Gasteiger partial charge on any atom is -0.488 e. The summed E-state index contributed by atoms with van der Waals surface area (Å²) in [6, 6.07) is 1.38. The topological polar surface area (TPSA) is 91.2 Å². The first kappa shape index (κ1) is 21.5. The summed E-state index contributed by atoms with van der Waals surface area (Å²) in [7, 11) is 1.69. The number of nitrogens with one attached hydrogen (secondary N) is 1. The summed E-state index contributed by atoms with van der Waals surface area (Å²) in [6.45, 7) is 2.34. The van der Waals surface area contributed by atoms with E-state index in [1.54, 1.807) is 14.0 Å². The van der Waals surface area contributed by atoms with Crippen molar-refractivity contribution in [3.05, 3.63) is 23.3 Å². The van der Waals surface area contributed by atoms with Crippen LogP contribution in [0.4, 0.5) is 9.18 Å². The van der Waals surface area contributed by atoms with E-state index in [0.29, 0.717) is 35.4 Å². The molecule has 2 aliphatic rings. The van der Waals surface area contributed by atoms with E-state index < -0.39 is 11.9 Å². The lowest BCUT2D eigenvalue weighted by Gasteiger charge is -2.24. The number of aromatic nitrogens is 4. The van der Waals surface area contributed by atoms with Gasteiger partial charge < -0.3 is 14.8 Å². The summed E-state index contributed by atoms with van der Waals surface area (Å²) >= 11 is 0. The fraction of sp³-hybridized carbons (Fsp3) is 0.636. The molecule has 0 unspecified atom stereocenters. The number of amides is 1. The van der Waals surface area contributed by atoms with Crippen LogP contribution in [0.1, 0.15) is 62.8 Å². The van der Waals surface area contributed by atoms with Crippen LogP contribution in [0.15, 0.2) is 6.07 Å². The second kappa shape index (κ2) is 9.62. The number of carbonyl (C=O) groups excluding carboxylic acids is 1. The van der Waals surface area contributed by atoms with Gasteiger partial charge in [0, 0.05) is 13.1 Å². The lowest BCUT2D eigenvalue weighted by atomic mass is 9.86. The van der Waals surface area contributed by atoms with Crippen molar-refractivity contribution in [3.63, 3.8) is 0 Å². The average Bonchev–Trinajstić information content (AvgIpc) is 3.08. The van der Waals surface area contributed by atoms with Crippen LogP contribution in [0, 0.1) is 18.7 Å². The van der Waals surface area contributed by atoms with Crippen molar-refractivity contribution >= 4 is 6.09 Å². The lowest BCUT2D eigenvalue weighted by molar-refractivity contribution is 0.103. The molecule has 2 saturated carbocycles. The lowest BCUT2D eigenvalue weighted by Crippen LogP contribution is -2.28. The third kappa shape index (κ3) is 5.14. The first-order valence-electron chi connectivity index (χ1n) is 11.1. The zero-order valence-corrected chi connectivity index (χ0v) is 18.2. The third-order valence-electron chi connectivity index (χ3n) is 6.21. The van der Waals surface area contributed by atoms with Gasteiger partial charge in [0.25, 0.3) is 0 Å². The molecule has 9 heteroatoms. The van der Waals surface area contributed by atoms with Gasteiger partial charge in [-0.2, -0.15) is 0 Å². The standard InChI is InChI=1S/C22H30FN5O3/c1-14-19(31-16-9-4-3-5-10-16)11-17(23)20(25-14)21-18(28(2)27-26-21)12-24-22(29)30-13-15-7-6-8-15/h11,15-16H,3-10,12-13H2,1-2H3,(H,24,29). The minimum absolute atomic E-state index is 0.0984. The number of rotatable bonds is 7. The van der Waals surface area contributed by atoms with Gasteiger partial charge >= 0.3 is 6.09 Å². The van der Waals surface area contributed by atoms with Gasteiger partial charge in [0.05, 0.1) is 30.6 Å². The number of ether oxygens (including phenoxy) is 2. The normalized spacial score (nSPS) is 17.3. The highest BCUT2D eigenvalue weighted by molar-refractivity contribution is 5.68. The van der Waals surface area contributed by atoms with Crippen molar-refractivity contribution in [2.75, 3.05) is 6.61 Å². The number of nitrogens with zero attached hydrogens (tertiary/aromatic N) is 4. The molecule has 1 amide bonds. The van der Waals surface area contributed by atoms with Crippen LogP contribution in [0.25, 0.3) is 11.4 Å². The van der Waals surface area contributed by atoms with E-state index in [4.69, 9.17) is 9.47 Å². The number of alkyl carbamates (subject to hydrolysis) is 1. The number of aryl methyl sites for hydroxylation is 2. The maximum atomic E-state index is 15.0. The quantitative estimate of drug-likeness (QED) is 0.711. The molecule has 2 heterocycles. The molecule has 2 aromatic rings. The molecule has 168 valence electrons. The molecular weight excluding hydrogens is 401 g/mol. The van der Waals surface area contributed by atoms with Crippen LogP contribution in [0.3, 0.4) is 0 Å². The predicted octanol–water partition coefficient (Wildman–Crippen LogP) is 4.06. The van der Waals surface area contributed by atoms with E-state index in [1.807, 2.05) is 0 Å². The second-order valence-electron chi connectivity index (χ2n) is 8.54. The molecule has 31 heavy (non-hydrogen) atoms. The molecule has 0 atom stereocenters. The summed E-state index contributed by atoms with van der Waals surface area (Å²) in [6.07, 6.45) is 8.49. The SMILES string of the molecule is Cc1nc(-c2nnn(C)c2CNC(=O)OCC2CCC2)c(F)cc1OC1CCCCC1. The molecule has 8 nitrogen and oxygen atoms in total. The van der Waals surface area contributed by atoms with Gasteiger partial charge in [0.2, 0.25) is 0 Å². The van der Waals surface area contributed by atoms with E-state index in [9.17, 15) is 9.18 Å². The highest BCUT2D eigenvalue weighted by atomic mass is 19.1. The molecule has 4 rings (SSSR count). The monoisotopic (exact) mass is 431 g/mol. The largest absolute Gasteiger partial charge is 0.488 e. The Morgan fingerprint density at radius 1 is 1.19 bits per heavy atom. The summed E-state index contributed by atoms with van der Waals surface area (Å²) in [4.78, 5) is 16.4. The highest BCUT2D eigenvalue weighted by Gasteiger charge is 2.23. The van der Waals surface area contributed by atoms with Crippen molar-refractivity contribution in [1.29, 1.82) is 0 Å². The van der Waals surface area contributed by atoms with Crippen molar-refractivity contribution in [2.24, 2.45) is 13.0 Å². The van der Waals surface area contributed by atoms with Crippen molar-refractivity contribution < 1.29 is 18.7 Å². The van der Waals surface area contributed by atoms with Crippen molar-refractivity contribution in [2.45, 2.75) is 70.9 Å². The van der Waals surface area contributed by atoms with Gasteiger partial charge in [-0.05, 0) is 51.4 Å². The van der Waals surface area contributed by atoms with Gasteiger partial charge in [0.15, 0.2) is 5.82 Å². The Labute approximate surface area is 181 Å². The molecule has 2 aliphatic carbocycles. The Morgan fingerprint density at radius 3 is 2.68 bits per heavy atom. The summed E-state index contributed by atoms with van der Waals surface area (Å²) in [5.74, 6) is 0.414. The van der Waals surface area contributed by atoms with Gasteiger partial charge in [0.1, 0.15) is 17.1 Å². The first-order chi connectivity index (χ1) is 15.0. The average molecular weight is 432 g/mol. The van der Waals surface area contributed by atoms with Crippen LogP contribution in [-0.4, -0.2) is 38.8 Å². The Morgan fingerprint density at radius 2 is 1.97 bits per heavy atom. The fourth-order valence-corrected chi connectivity index (χ4v) is 4.03. The zero-order chi connectivity index (χ0) is 21.8. The molecule has 2 aromatic heterocycles. The fourth-order valence-electron chi connectivity index (χ4n) is 4.03. The van der Waals surface area contributed by atoms with E-state index in [0.717, 1.165) is 38.5 Å². The van der Waals surface area contributed by atoms with Crippen LogP contribution in [0.5, 0.6) is 5.75 Å². The molecule has 0 radical (unpaired) electrons. The molecule has 2 fully saturated rings. The Kier molecular flexibility index (Phi) is 6.67.